The van der Waals surface area contributed by atoms with Crippen LogP contribution in [-0.4, -0.2) is 53.8 Å². The number of carbonyl (C=O) groups excluding carboxylic acids is 1. The molecule has 3 nitrogen and oxygen atoms in total. The molecule has 3 heteroatoms. The zero-order valence-electron chi connectivity index (χ0n) is 9.48. The number of Topliss-reactive ketones (excluding diaryl/α,β-unsaturated/α-hetero) is 1. The predicted octanol–water partition coefficient (Wildman–Crippen LogP) is 0.886. The molecule has 3 aliphatic rings. The smallest absolute Gasteiger partial charge is 0.136 e. The van der Waals surface area contributed by atoms with Crippen LogP contribution in [0.5, 0.6) is 0 Å². The van der Waals surface area contributed by atoms with E-state index in [-0.39, 0.29) is 0 Å². The molecular weight excluding hydrogens is 188 g/mol. The molecule has 3 saturated heterocycles. The minimum Gasteiger partial charge on any atom is -0.305 e. The van der Waals surface area contributed by atoms with Gasteiger partial charge in [0.05, 0.1) is 0 Å². The van der Waals surface area contributed by atoms with Gasteiger partial charge in [0.1, 0.15) is 5.78 Å². The van der Waals surface area contributed by atoms with Crippen LogP contribution in [0.15, 0.2) is 0 Å². The summed E-state index contributed by atoms with van der Waals surface area (Å²) in [5.74, 6) is 0.505. The van der Waals surface area contributed by atoms with Crippen molar-refractivity contribution in [3.8, 4) is 0 Å². The highest BCUT2D eigenvalue weighted by atomic mass is 16.1. The third kappa shape index (κ3) is 1.62. The zero-order chi connectivity index (χ0) is 10.4. The Kier molecular flexibility index (Phi) is 2.33. The first-order chi connectivity index (χ1) is 7.24. The fourth-order valence-electron chi connectivity index (χ4n) is 3.76. The summed E-state index contributed by atoms with van der Waals surface area (Å²) in [6, 6.07) is 1.92. The molecule has 15 heavy (non-hydrogen) atoms. The first-order valence-electron chi connectivity index (χ1n) is 6.21. The lowest BCUT2D eigenvalue weighted by Gasteiger charge is -2.38. The average Bonchev–Trinajstić information content (AvgIpc) is 2.69. The molecule has 3 aliphatic heterocycles. The second kappa shape index (κ2) is 3.56. The van der Waals surface area contributed by atoms with E-state index in [0.717, 1.165) is 18.9 Å². The number of hydrogen-bond acceptors (Lipinski definition) is 3. The number of fused-ring (bicyclic) bond motifs is 2. The molecule has 0 spiro atoms. The van der Waals surface area contributed by atoms with E-state index in [2.05, 4.69) is 16.8 Å². The molecule has 2 bridgehead atoms. The van der Waals surface area contributed by atoms with Gasteiger partial charge >= 0.3 is 0 Å². The quantitative estimate of drug-likeness (QED) is 0.639. The normalized spacial score (nSPS) is 42.7. The lowest BCUT2D eigenvalue weighted by atomic mass is 9.98. The number of piperidine rings is 1. The van der Waals surface area contributed by atoms with E-state index < -0.39 is 0 Å². The van der Waals surface area contributed by atoms with E-state index in [4.69, 9.17) is 0 Å². The number of ketones is 1. The zero-order valence-corrected chi connectivity index (χ0v) is 9.48. The van der Waals surface area contributed by atoms with Crippen molar-refractivity contribution in [1.29, 1.82) is 0 Å². The van der Waals surface area contributed by atoms with Crippen LogP contribution in [0.2, 0.25) is 0 Å². The molecule has 3 unspecified atom stereocenters. The summed E-state index contributed by atoms with van der Waals surface area (Å²) in [4.78, 5) is 16.6. The summed E-state index contributed by atoms with van der Waals surface area (Å²) >= 11 is 0. The maximum absolute atomic E-state index is 11.5. The van der Waals surface area contributed by atoms with E-state index in [1.165, 1.54) is 32.4 Å². The Morgan fingerprint density at radius 2 is 1.73 bits per heavy atom. The average molecular weight is 208 g/mol. The van der Waals surface area contributed by atoms with Gasteiger partial charge in [0, 0.05) is 37.5 Å². The summed E-state index contributed by atoms with van der Waals surface area (Å²) in [7, 11) is 2.21. The maximum Gasteiger partial charge on any atom is 0.136 e. The van der Waals surface area contributed by atoms with Gasteiger partial charge in [-0.15, -0.1) is 0 Å². The first kappa shape index (κ1) is 9.79. The molecule has 84 valence electrons. The van der Waals surface area contributed by atoms with Crippen LogP contribution in [0.3, 0.4) is 0 Å². The lowest BCUT2D eigenvalue weighted by molar-refractivity contribution is -0.124. The minimum atomic E-state index is 0.505. The largest absolute Gasteiger partial charge is 0.305 e. The van der Waals surface area contributed by atoms with Crippen LogP contribution in [0.1, 0.15) is 32.1 Å². The summed E-state index contributed by atoms with van der Waals surface area (Å²) < 4.78 is 0. The second-order valence-corrected chi connectivity index (χ2v) is 5.48. The van der Waals surface area contributed by atoms with Crippen LogP contribution < -0.4 is 0 Å². The molecular formula is C12H20N2O. The van der Waals surface area contributed by atoms with Gasteiger partial charge in [-0.1, -0.05) is 0 Å². The second-order valence-electron chi connectivity index (χ2n) is 5.48. The highest BCUT2D eigenvalue weighted by Crippen LogP contribution is 2.37. The Labute approximate surface area is 91.4 Å². The SMILES string of the molecule is CN1CCC(N2C3CCC2CC(=O)C3)C1. The van der Waals surface area contributed by atoms with Crippen molar-refractivity contribution < 1.29 is 4.79 Å². The number of likely N-dealkylation sites (tertiary alicyclic amines) is 1. The fraction of sp³-hybridized carbons (Fsp3) is 0.917. The van der Waals surface area contributed by atoms with Crippen molar-refractivity contribution in [2.45, 2.75) is 50.2 Å². The highest BCUT2D eigenvalue weighted by Gasteiger charge is 2.44. The summed E-state index contributed by atoms with van der Waals surface area (Å²) in [6.07, 6.45) is 5.48. The molecule has 0 amide bonds. The van der Waals surface area contributed by atoms with Crippen LogP contribution in [-0.2, 0) is 4.79 Å². The molecule has 0 aromatic heterocycles. The number of likely N-dealkylation sites (N-methyl/N-ethyl adjacent to an activating group) is 1. The van der Waals surface area contributed by atoms with E-state index in [1.807, 2.05) is 0 Å². The monoisotopic (exact) mass is 208 g/mol. The molecule has 3 rings (SSSR count). The van der Waals surface area contributed by atoms with Crippen LogP contribution >= 0.6 is 0 Å². The van der Waals surface area contributed by atoms with E-state index in [1.54, 1.807) is 0 Å². The van der Waals surface area contributed by atoms with Crippen molar-refractivity contribution in [3.63, 3.8) is 0 Å². The Morgan fingerprint density at radius 3 is 2.27 bits per heavy atom. The van der Waals surface area contributed by atoms with Gasteiger partial charge < -0.3 is 4.90 Å². The third-order valence-electron chi connectivity index (χ3n) is 4.39. The van der Waals surface area contributed by atoms with Crippen LogP contribution in [0, 0.1) is 0 Å². The number of nitrogens with zero attached hydrogens (tertiary/aromatic N) is 2. The number of carbonyl (C=O) groups is 1. The van der Waals surface area contributed by atoms with E-state index >= 15 is 0 Å². The molecule has 0 saturated carbocycles. The molecule has 0 radical (unpaired) electrons. The van der Waals surface area contributed by atoms with Gasteiger partial charge in [-0.05, 0) is 32.9 Å². The van der Waals surface area contributed by atoms with Gasteiger partial charge in [0.15, 0.2) is 0 Å². The van der Waals surface area contributed by atoms with Gasteiger partial charge in [-0.3, -0.25) is 9.69 Å². The Balaban J connectivity index is 1.74. The highest BCUT2D eigenvalue weighted by molar-refractivity contribution is 5.81. The molecule has 3 fully saturated rings. The first-order valence-corrected chi connectivity index (χ1v) is 6.21. The maximum atomic E-state index is 11.5. The van der Waals surface area contributed by atoms with Gasteiger partial charge in [0.2, 0.25) is 0 Å². The number of hydrogen-bond donors (Lipinski definition) is 0. The number of rotatable bonds is 1. The van der Waals surface area contributed by atoms with Crippen molar-refractivity contribution in [2.24, 2.45) is 0 Å². The predicted molar refractivity (Wildman–Crippen MR) is 58.8 cm³/mol. The van der Waals surface area contributed by atoms with Crippen molar-refractivity contribution in [2.75, 3.05) is 20.1 Å². The summed E-state index contributed by atoms with van der Waals surface area (Å²) in [5.41, 5.74) is 0. The molecule has 0 N–H and O–H groups in total. The third-order valence-corrected chi connectivity index (χ3v) is 4.39. The summed E-state index contributed by atoms with van der Waals surface area (Å²) in [6.45, 7) is 2.44. The fourth-order valence-corrected chi connectivity index (χ4v) is 3.76. The molecule has 3 heterocycles. The van der Waals surface area contributed by atoms with Gasteiger partial charge in [-0.2, -0.15) is 0 Å². The standard InChI is InChI=1S/C12H20N2O/c1-13-5-4-11(8-13)14-9-2-3-10(14)7-12(15)6-9/h9-11H,2-8H2,1H3. The molecule has 0 aliphatic carbocycles. The summed E-state index contributed by atoms with van der Waals surface area (Å²) in [5, 5.41) is 0. The molecule has 0 aromatic rings. The van der Waals surface area contributed by atoms with Gasteiger partial charge in [0.25, 0.3) is 0 Å². The van der Waals surface area contributed by atoms with Crippen LogP contribution in [0.4, 0.5) is 0 Å². The van der Waals surface area contributed by atoms with Crippen molar-refractivity contribution >= 4 is 5.78 Å². The topological polar surface area (TPSA) is 23.6 Å². The van der Waals surface area contributed by atoms with Crippen LogP contribution in [0.25, 0.3) is 0 Å². The Hall–Kier alpha value is -0.410. The lowest BCUT2D eigenvalue weighted by Crippen LogP contribution is -2.49. The Morgan fingerprint density at radius 1 is 1.07 bits per heavy atom. The van der Waals surface area contributed by atoms with Crippen molar-refractivity contribution in [1.82, 2.24) is 9.80 Å². The van der Waals surface area contributed by atoms with Crippen molar-refractivity contribution in [3.05, 3.63) is 0 Å². The minimum absolute atomic E-state index is 0.505. The van der Waals surface area contributed by atoms with E-state index in [9.17, 15) is 4.79 Å². The molecule has 0 aromatic carbocycles. The molecule has 3 atom stereocenters. The Bertz CT molecular complexity index is 263. The van der Waals surface area contributed by atoms with Gasteiger partial charge in [-0.25, -0.2) is 0 Å². The van der Waals surface area contributed by atoms with E-state index in [0.29, 0.717) is 17.9 Å².